The van der Waals surface area contributed by atoms with Crippen molar-refractivity contribution < 1.29 is 13.9 Å². The van der Waals surface area contributed by atoms with Gasteiger partial charge in [-0.3, -0.25) is 4.98 Å². The molecule has 0 aliphatic carbocycles. The van der Waals surface area contributed by atoms with Crippen LogP contribution in [0.15, 0.2) is 112 Å². The molecule has 0 bridgehead atoms. The molecule has 0 saturated carbocycles. The number of aromatic nitrogens is 1. The zero-order valence-corrected chi connectivity index (χ0v) is 24.3. The van der Waals surface area contributed by atoms with E-state index < -0.39 is 0 Å². The molecule has 2 unspecified atom stereocenters. The Labute approximate surface area is 246 Å². The van der Waals surface area contributed by atoms with Crippen LogP contribution in [0.25, 0.3) is 11.3 Å². The number of methoxy groups -OCH3 is 1. The third-order valence-corrected chi connectivity index (χ3v) is 7.79. The maximum absolute atomic E-state index is 6.51. The molecular weight excluding hydrogens is 586 g/mol. The molecule has 1 N–H and O–H groups in total. The highest BCUT2D eigenvalue weighted by molar-refractivity contribution is 9.10. The molecule has 3 aromatic carbocycles. The van der Waals surface area contributed by atoms with Crippen molar-refractivity contribution in [1.29, 1.82) is 0 Å². The third-order valence-electron chi connectivity index (χ3n) is 6.82. The largest absolute Gasteiger partial charge is 0.497 e. The van der Waals surface area contributed by atoms with Gasteiger partial charge >= 0.3 is 0 Å². The minimum Gasteiger partial charge on any atom is -0.497 e. The second kappa shape index (κ2) is 11.2. The summed E-state index contributed by atoms with van der Waals surface area (Å²) >= 11 is 9.56. The van der Waals surface area contributed by atoms with Crippen LogP contribution in [0, 0.1) is 6.92 Å². The monoisotopic (exact) mass is 611 g/mol. The highest BCUT2D eigenvalue weighted by Crippen LogP contribution is 2.44. The molecule has 200 valence electrons. The summed E-state index contributed by atoms with van der Waals surface area (Å²) in [4.78, 5) is 6.72. The smallest absolute Gasteiger partial charge is 0.174 e. The van der Waals surface area contributed by atoms with Gasteiger partial charge in [0.05, 0.1) is 18.8 Å². The van der Waals surface area contributed by atoms with Crippen LogP contribution in [0.4, 0.5) is 5.69 Å². The van der Waals surface area contributed by atoms with Gasteiger partial charge in [0, 0.05) is 21.9 Å². The molecule has 6 nitrogen and oxygen atoms in total. The summed E-state index contributed by atoms with van der Waals surface area (Å²) < 4.78 is 18.8. The second-order valence-electron chi connectivity index (χ2n) is 9.45. The topological polar surface area (TPSA) is 59.8 Å². The van der Waals surface area contributed by atoms with Crippen LogP contribution < -0.4 is 19.7 Å². The number of benzene rings is 3. The van der Waals surface area contributed by atoms with Crippen molar-refractivity contribution in [1.82, 2.24) is 10.3 Å². The summed E-state index contributed by atoms with van der Waals surface area (Å²) in [5, 5.41) is 4.08. The number of furan rings is 1. The molecule has 5 aromatic rings. The Hall–Kier alpha value is -4.14. The molecule has 2 atom stereocenters. The first-order valence-corrected chi connectivity index (χ1v) is 14.0. The zero-order chi connectivity index (χ0) is 27.6. The summed E-state index contributed by atoms with van der Waals surface area (Å²) in [6.07, 6.45) is 1.79. The van der Waals surface area contributed by atoms with Crippen molar-refractivity contribution >= 4 is 38.9 Å². The molecule has 8 heteroatoms. The summed E-state index contributed by atoms with van der Waals surface area (Å²) in [5.41, 5.74) is 3.96. The summed E-state index contributed by atoms with van der Waals surface area (Å²) in [6, 6.07) is 31.0. The SMILES string of the molecule is COc1ccc(Oc2ccc(N3C(=S)NC(c4ccccn4)C3c3ccc(-c4ccc(C)cc4Br)o3)cc2)cc1. The van der Waals surface area contributed by atoms with Crippen molar-refractivity contribution in [3.05, 3.63) is 125 Å². The summed E-state index contributed by atoms with van der Waals surface area (Å²) in [7, 11) is 1.64. The maximum atomic E-state index is 6.51. The van der Waals surface area contributed by atoms with E-state index in [0.717, 1.165) is 44.4 Å². The highest BCUT2D eigenvalue weighted by Gasteiger charge is 2.42. The first-order valence-electron chi connectivity index (χ1n) is 12.8. The van der Waals surface area contributed by atoms with Crippen molar-refractivity contribution in [2.75, 3.05) is 12.0 Å². The van der Waals surface area contributed by atoms with Gasteiger partial charge in [0.1, 0.15) is 34.8 Å². The molecule has 1 aliphatic heterocycles. The van der Waals surface area contributed by atoms with Crippen molar-refractivity contribution in [3.8, 4) is 28.6 Å². The molecule has 1 fully saturated rings. The fraction of sp³-hybridized carbons (Fsp3) is 0.125. The lowest BCUT2D eigenvalue weighted by molar-refractivity contribution is 0.413. The Bertz CT molecular complexity index is 1640. The number of thiocarbonyl (C=S) groups is 1. The lowest BCUT2D eigenvalue weighted by atomic mass is 10.0. The number of ether oxygens (including phenoxy) is 2. The Kier molecular flexibility index (Phi) is 7.28. The second-order valence-corrected chi connectivity index (χ2v) is 10.7. The van der Waals surface area contributed by atoms with Crippen LogP contribution in [-0.2, 0) is 0 Å². The van der Waals surface area contributed by atoms with E-state index in [9.17, 15) is 0 Å². The first kappa shape index (κ1) is 26.1. The van der Waals surface area contributed by atoms with E-state index in [1.165, 1.54) is 5.56 Å². The van der Waals surface area contributed by atoms with Crippen molar-refractivity contribution in [3.63, 3.8) is 0 Å². The number of pyridine rings is 1. The van der Waals surface area contributed by atoms with Gasteiger partial charge in [-0.25, -0.2) is 0 Å². The summed E-state index contributed by atoms with van der Waals surface area (Å²) in [5.74, 6) is 3.79. The fourth-order valence-corrected chi connectivity index (χ4v) is 5.89. The highest BCUT2D eigenvalue weighted by atomic mass is 79.9. The number of hydrogen-bond acceptors (Lipinski definition) is 5. The average molecular weight is 613 g/mol. The van der Waals surface area contributed by atoms with E-state index in [1.807, 2.05) is 78.9 Å². The Morgan fingerprint density at radius 2 is 1.62 bits per heavy atom. The van der Waals surface area contributed by atoms with E-state index in [0.29, 0.717) is 10.9 Å². The van der Waals surface area contributed by atoms with E-state index in [-0.39, 0.29) is 12.1 Å². The quantitative estimate of drug-likeness (QED) is 0.185. The predicted octanol–water partition coefficient (Wildman–Crippen LogP) is 8.39. The van der Waals surface area contributed by atoms with Gasteiger partial charge in [-0.15, -0.1) is 0 Å². The normalized spacial score (nSPS) is 16.6. The standard InChI is InChI=1S/C32H26BrN3O3S/c1-20-6-15-25(26(33)19-20)28-16-17-29(39-28)31-30(27-5-3-4-18-34-27)35-32(40)36(31)21-7-9-23(10-8-21)38-24-13-11-22(37-2)12-14-24/h3-19,30-31H,1-2H3,(H,35,40). The lowest BCUT2D eigenvalue weighted by Gasteiger charge is -2.26. The molecule has 3 heterocycles. The Morgan fingerprint density at radius 3 is 2.30 bits per heavy atom. The van der Waals surface area contributed by atoms with Crippen LogP contribution in [0.2, 0.25) is 0 Å². The minimum atomic E-state index is -0.256. The number of anilines is 1. The average Bonchev–Trinajstić information content (AvgIpc) is 3.59. The van der Waals surface area contributed by atoms with Crippen LogP contribution in [0.1, 0.15) is 29.1 Å². The van der Waals surface area contributed by atoms with E-state index in [1.54, 1.807) is 13.3 Å². The molecule has 6 rings (SSSR count). The van der Waals surface area contributed by atoms with Crippen molar-refractivity contribution in [2.24, 2.45) is 0 Å². The Morgan fingerprint density at radius 1 is 0.900 bits per heavy atom. The van der Waals surface area contributed by atoms with Gasteiger partial charge in [0.15, 0.2) is 5.11 Å². The number of rotatable bonds is 7. The fourth-order valence-electron chi connectivity index (χ4n) is 4.85. The van der Waals surface area contributed by atoms with Gasteiger partial charge in [-0.2, -0.15) is 0 Å². The maximum Gasteiger partial charge on any atom is 0.174 e. The predicted molar refractivity (Wildman–Crippen MR) is 164 cm³/mol. The Balaban J connectivity index is 1.33. The third kappa shape index (κ3) is 5.20. The zero-order valence-electron chi connectivity index (χ0n) is 21.9. The number of hydrogen-bond donors (Lipinski definition) is 1. The number of halogens is 1. The number of nitrogens with one attached hydrogen (secondary N) is 1. The van der Waals surface area contributed by atoms with Crippen molar-refractivity contribution in [2.45, 2.75) is 19.0 Å². The molecule has 0 spiro atoms. The van der Waals surface area contributed by atoms with E-state index >= 15 is 0 Å². The molecule has 1 saturated heterocycles. The van der Waals surface area contributed by atoms with Gasteiger partial charge in [-0.1, -0.05) is 28.1 Å². The number of aryl methyl sites for hydroxylation is 1. The van der Waals surface area contributed by atoms with E-state index in [2.05, 4.69) is 56.3 Å². The summed E-state index contributed by atoms with van der Waals surface area (Å²) in [6.45, 7) is 2.07. The van der Waals surface area contributed by atoms with Crippen LogP contribution in [0.3, 0.4) is 0 Å². The number of nitrogens with zero attached hydrogens (tertiary/aromatic N) is 2. The first-order chi connectivity index (χ1) is 19.5. The van der Waals surface area contributed by atoms with Gasteiger partial charge < -0.3 is 24.1 Å². The molecule has 2 aromatic heterocycles. The van der Waals surface area contributed by atoms with Gasteiger partial charge in [0.2, 0.25) is 0 Å². The molecule has 0 radical (unpaired) electrons. The van der Waals surface area contributed by atoms with Gasteiger partial charge in [0.25, 0.3) is 0 Å². The minimum absolute atomic E-state index is 0.204. The van der Waals surface area contributed by atoms with E-state index in [4.69, 9.17) is 26.1 Å². The molecule has 1 aliphatic rings. The van der Waals surface area contributed by atoms with Gasteiger partial charge in [-0.05, 0) is 110 Å². The molecule has 0 amide bonds. The van der Waals surface area contributed by atoms with Crippen LogP contribution in [-0.4, -0.2) is 17.2 Å². The van der Waals surface area contributed by atoms with Crippen LogP contribution in [0.5, 0.6) is 17.2 Å². The lowest BCUT2D eigenvalue weighted by Crippen LogP contribution is -2.29. The van der Waals surface area contributed by atoms with Crippen LogP contribution >= 0.6 is 28.1 Å². The molecular formula is C32H26BrN3O3S. The molecule has 40 heavy (non-hydrogen) atoms.